The third-order valence-electron chi connectivity index (χ3n) is 7.54. The highest BCUT2D eigenvalue weighted by atomic mass is 35.5. The van der Waals surface area contributed by atoms with Gasteiger partial charge in [-0.3, -0.25) is 0 Å². The summed E-state index contributed by atoms with van der Waals surface area (Å²) >= 11 is 6.08. The van der Waals surface area contributed by atoms with Crippen LogP contribution in [0.3, 0.4) is 0 Å². The number of rotatable bonds is 4. The van der Waals surface area contributed by atoms with Crippen molar-refractivity contribution in [1.29, 1.82) is 0 Å². The van der Waals surface area contributed by atoms with Gasteiger partial charge in [-0.2, -0.15) is 0 Å². The van der Waals surface area contributed by atoms with Gasteiger partial charge in [0.25, 0.3) is 0 Å². The van der Waals surface area contributed by atoms with Crippen LogP contribution < -0.4 is 0 Å². The first-order valence-electron chi connectivity index (χ1n) is 11.2. The number of nitrogens with zero attached hydrogens (tertiary/aromatic N) is 4. The zero-order valence-corrected chi connectivity index (χ0v) is 18.4. The number of hydrogen-bond donors (Lipinski definition) is 1. The SMILES string of the molecule is CC1C2CCC(CC2)C1Cc1nc(-c2c[nH]c3ncc(Cl)nc23)nc(-c2ccco2)c1F. The summed E-state index contributed by atoms with van der Waals surface area (Å²) in [6, 6.07) is 3.45. The maximum Gasteiger partial charge on any atom is 0.174 e. The van der Waals surface area contributed by atoms with Gasteiger partial charge in [0.2, 0.25) is 0 Å². The molecule has 0 spiro atoms. The fourth-order valence-corrected chi connectivity index (χ4v) is 5.95. The van der Waals surface area contributed by atoms with Crippen molar-refractivity contribution in [1.82, 2.24) is 24.9 Å². The molecule has 2 atom stereocenters. The van der Waals surface area contributed by atoms with Gasteiger partial charge < -0.3 is 9.40 Å². The summed E-state index contributed by atoms with van der Waals surface area (Å²) in [5, 5.41) is 0.277. The van der Waals surface area contributed by atoms with Crippen LogP contribution in [0.15, 0.2) is 35.2 Å². The number of aromatic amines is 1. The summed E-state index contributed by atoms with van der Waals surface area (Å²) in [6.45, 7) is 2.32. The number of H-pyrrole nitrogens is 1. The fourth-order valence-electron chi connectivity index (χ4n) is 5.82. The van der Waals surface area contributed by atoms with Crippen LogP contribution in [0.25, 0.3) is 34.0 Å². The lowest BCUT2D eigenvalue weighted by Gasteiger charge is -2.47. The van der Waals surface area contributed by atoms with E-state index >= 15 is 4.39 Å². The Hall–Kier alpha value is -2.80. The zero-order valence-electron chi connectivity index (χ0n) is 17.7. The van der Waals surface area contributed by atoms with Gasteiger partial charge in [0, 0.05) is 6.20 Å². The van der Waals surface area contributed by atoms with Crippen molar-refractivity contribution in [2.24, 2.45) is 23.7 Å². The Balaban J connectivity index is 1.48. The van der Waals surface area contributed by atoms with Crippen LogP contribution in [-0.4, -0.2) is 24.9 Å². The average molecular weight is 452 g/mol. The van der Waals surface area contributed by atoms with E-state index in [0.717, 1.165) is 5.92 Å². The minimum Gasteiger partial charge on any atom is -0.463 e. The summed E-state index contributed by atoms with van der Waals surface area (Å²) in [7, 11) is 0. The number of hydrogen-bond acceptors (Lipinski definition) is 5. The molecule has 164 valence electrons. The molecule has 0 amide bonds. The first-order valence-corrected chi connectivity index (χ1v) is 11.6. The molecule has 3 fully saturated rings. The largest absolute Gasteiger partial charge is 0.463 e. The molecule has 8 heteroatoms. The van der Waals surface area contributed by atoms with E-state index in [9.17, 15) is 0 Å². The van der Waals surface area contributed by atoms with Crippen LogP contribution in [0.5, 0.6) is 0 Å². The molecule has 4 aromatic heterocycles. The molecular formula is C24H23ClFN5O. The minimum absolute atomic E-state index is 0.174. The van der Waals surface area contributed by atoms with E-state index in [1.54, 1.807) is 18.3 Å². The van der Waals surface area contributed by atoms with Crippen molar-refractivity contribution >= 4 is 22.8 Å². The summed E-state index contributed by atoms with van der Waals surface area (Å²) in [4.78, 5) is 21.0. The molecule has 2 bridgehead atoms. The number of halogens is 2. The Kier molecular flexibility index (Phi) is 4.75. The molecule has 7 rings (SSSR count). The molecule has 6 nitrogen and oxygen atoms in total. The Morgan fingerprint density at radius 3 is 2.72 bits per heavy atom. The lowest BCUT2D eigenvalue weighted by molar-refractivity contribution is 0.0334. The first-order chi connectivity index (χ1) is 15.6. The molecule has 1 N–H and O–H groups in total. The molecule has 4 aromatic rings. The van der Waals surface area contributed by atoms with E-state index in [0.29, 0.717) is 58.2 Å². The van der Waals surface area contributed by atoms with E-state index in [4.69, 9.17) is 21.0 Å². The monoisotopic (exact) mass is 451 g/mol. The number of fused-ring (bicyclic) bond motifs is 4. The smallest absolute Gasteiger partial charge is 0.174 e. The number of nitrogens with one attached hydrogen (secondary N) is 1. The summed E-state index contributed by atoms with van der Waals surface area (Å²) < 4.78 is 21.2. The summed E-state index contributed by atoms with van der Waals surface area (Å²) in [5.74, 6) is 2.76. The van der Waals surface area contributed by atoms with Gasteiger partial charge in [-0.05, 0) is 67.9 Å². The molecule has 0 radical (unpaired) electrons. The van der Waals surface area contributed by atoms with Crippen LogP contribution in [0.2, 0.25) is 5.15 Å². The fraction of sp³-hybridized carbons (Fsp3) is 0.417. The molecule has 0 aromatic carbocycles. The Bertz CT molecular complexity index is 1280. The maximum absolute atomic E-state index is 15.7. The average Bonchev–Trinajstić information content (AvgIpc) is 3.48. The second kappa shape index (κ2) is 7.66. The van der Waals surface area contributed by atoms with Crippen molar-refractivity contribution in [2.75, 3.05) is 0 Å². The van der Waals surface area contributed by atoms with Crippen molar-refractivity contribution in [3.63, 3.8) is 0 Å². The van der Waals surface area contributed by atoms with Crippen LogP contribution >= 0.6 is 11.6 Å². The summed E-state index contributed by atoms with van der Waals surface area (Å²) in [5.41, 5.74) is 2.40. The van der Waals surface area contributed by atoms with Gasteiger partial charge >= 0.3 is 0 Å². The Morgan fingerprint density at radius 2 is 1.97 bits per heavy atom. The van der Waals surface area contributed by atoms with Gasteiger partial charge in [0.05, 0.1) is 23.7 Å². The van der Waals surface area contributed by atoms with Gasteiger partial charge in [-0.25, -0.2) is 24.3 Å². The first kappa shape index (κ1) is 19.9. The molecule has 4 heterocycles. The van der Waals surface area contributed by atoms with Crippen LogP contribution in [0.4, 0.5) is 4.39 Å². The van der Waals surface area contributed by atoms with E-state index in [2.05, 4.69) is 26.9 Å². The molecule has 3 aliphatic rings. The standard InChI is InChI=1S/C24H23ClFN5O/c1-12-13-4-6-14(7-5-13)15(12)9-17-20(26)22(18-3-2-8-32-18)31-23(29-17)16-10-27-24-21(16)30-19(25)11-28-24/h2-3,8,10-15H,4-7,9H2,1H3,(H,27,28). The highest BCUT2D eigenvalue weighted by molar-refractivity contribution is 6.29. The van der Waals surface area contributed by atoms with Crippen LogP contribution in [0.1, 0.15) is 38.3 Å². The predicted octanol–water partition coefficient (Wildman–Crippen LogP) is 6.08. The molecule has 0 aliphatic heterocycles. The van der Waals surface area contributed by atoms with Gasteiger partial charge in [-0.15, -0.1) is 0 Å². The third-order valence-corrected chi connectivity index (χ3v) is 7.72. The number of furan rings is 1. The van der Waals surface area contributed by atoms with Gasteiger partial charge in [0.15, 0.2) is 23.0 Å². The van der Waals surface area contributed by atoms with E-state index in [-0.39, 0.29) is 10.8 Å². The normalized spacial score (nSPS) is 25.0. The Morgan fingerprint density at radius 1 is 1.16 bits per heavy atom. The van der Waals surface area contributed by atoms with Gasteiger partial charge in [-0.1, -0.05) is 18.5 Å². The second-order valence-corrected chi connectivity index (χ2v) is 9.52. The van der Waals surface area contributed by atoms with Crippen molar-refractivity contribution in [3.8, 4) is 22.8 Å². The topological polar surface area (TPSA) is 80.5 Å². The van der Waals surface area contributed by atoms with E-state index < -0.39 is 5.82 Å². The van der Waals surface area contributed by atoms with Crippen LogP contribution in [-0.2, 0) is 6.42 Å². The van der Waals surface area contributed by atoms with E-state index in [1.165, 1.54) is 38.1 Å². The molecule has 2 unspecified atom stereocenters. The molecule has 3 aliphatic carbocycles. The third kappa shape index (κ3) is 3.22. The highest BCUT2D eigenvalue weighted by Gasteiger charge is 2.41. The second-order valence-electron chi connectivity index (χ2n) is 9.13. The molecular weight excluding hydrogens is 429 g/mol. The lowest BCUT2D eigenvalue weighted by atomic mass is 9.58. The van der Waals surface area contributed by atoms with Crippen molar-refractivity contribution in [3.05, 3.63) is 47.5 Å². The van der Waals surface area contributed by atoms with Crippen molar-refractivity contribution in [2.45, 2.75) is 39.0 Å². The van der Waals surface area contributed by atoms with E-state index in [1.807, 2.05) is 0 Å². The zero-order chi connectivity index (χ0) is 21.8. The molecule has 0 saturated heterocycles. The van der Waals surface area contributed by atoms with Crippen molar-refractivity contribution < 1.29 is 8.81 Å². The molecule has 3 saturated carbocycles. The quantitative estimate of drug-likeness (QED) is 0.406. The molecule has 32 heavy (non-hydrogen) atoms. The maximum atomic E-state index is 15.7. The van der Waals surface area contributed by atoms with Crippen LogP contribution in [0, 0.1) is 29.5 Å². The Labute approximate surface area is 189 Å². The highest BCUT2D eigenvalue weighted by Crippen LogP contribution is 2.50. The minimum atomic E-state index is -0.402. The van der Waals surface area contributed by atoms with Gasteiger partial charge in [0.1, 0.15) is 16.4 Å². The number of aromatic nitrogens is 5. The lowest BCUT2D eigenvalue weighted by Crippen LogP contribution is -2.39. The summed E-state index contributed by atoms with van der Waals surface area (Å²) in [6.07, 6.45) is 10.4. The predicted molar refractivity (Wildman–Crippen MR) is 119 cm³/mol.